The minimum atomic E-state index is -0.305. The van der Waals surface area contributed by atoms with Gasteiger partial charge in [-0.25, -0.2) is 8.78 Å². The zero-order chi connectivity index (χ0) is 15.4. The summed E-state index contributed by atoms with van der Waals surface area (Å²) in [6.07, 6.45) is 0. The monoisotopic (exact) mass is 291 g/mol. The number of benzene rings is 2. The first-order chi connectivity index (χ1) is 10.0. The van der Waals surface area contributed by atoms with Crippen LogP contribution in [0.2, 0.25) is 0 Å². The maximum atomic E-state index is 14.0. The smallest absolute Gasteiger partial charge is 0.131 e. The third-order valence-corrected chi connectivity index (χ3v) is 3.54. The van der Waals surface area contributed by atoms with Crippen molar-refractivity contribution in [2.24, 2.45) is 0 Å². The van der Waals surface area contributed by atoms with Crippen LogP contribution in [0, 0.1) is 11.6 Å². The highest BCUT2D eigenvalue weighted by Crippen LogP contribution is 2.29. The molecule has 0 spiro atoms. The van der Waals surface area contributed by atoms with Crippen molar-refractivity contribution in [2.45, 2.75) is 25.9 Å². The van der Waals surface area contributed by atoms with Crippen LogP contribution in [-0.4, -0.2) is 7.11 Å². The molecule has 2 atom stereocenters. The fourth-order valence-electron chi connectivity index (χ4n) is 2.42. The van der Waals surface area contributed by atoms with E-state index in [1.165, 1.54) is 25.3 Å². The molecule has 0 saturated carbocycles. The Morgan fingerprint density at radius 1 is 0.952 bits per heavy atom. The molecule has 0 aliphatic rings. The normalized spacial score (nSPS) is 13.8. The van der Waals surface area contributed by atoms with Crippen molar-refractivity contribution in [1.29, 1.82) is 0 Å². The summed E-state index contributed by atoms with van der Waals surface area (Å²) in [6.45, 7) is 3.83. The molecule has 0 aromatic heterocycles. The molecule has 1 unspecified atom stereocenters. The number of halogens is 2. The van der Waals surface area contributed by atoms with E-state index >= 15 is 0 Å². The van der Waals surface area contributed by atoms with E-state index in [0.717, 1.165) is 5.56 Å². The lowest BCUT2D eigenvalue weighted by Gasteiger charge is -2.22. The molecule has 0 amide bonds. The van der Waals surface area contributed by atoms with Crippen molar-refractivity contribution in [2.75, 3.05) is 7.11 Å². The van der Waals surface area contributed by atoms with E-state index < -0.39 is 0 Å². The van der Waals surface area contributed by atoms with E-state index in [2.05, 4.69) is 5.32 Å². The van der Waals surface area contributed by atoms with Crippen molar-refractivity contribution in [3.63, 3.8) is 0 Å². The van der Waals surface area contributed by atoms with Gasteiger partial charge < -0.3 is 10.1 Å². The summed E-state index contributed by atoms with van der Waals surface area (Å²) in [6, 6.07) is 10.8. The van der Waals surface area contributed by atoms with Crippen molar-refractivity contribution >= 4 is 0 Å². The number of nitrogens with one attached hydrogen (secondary N) is 1. The lowest BCUT2D eigenvalue weighted by Crippen LogP contribution is -2.23. The standard InChI is InChI=1S/C17H19F2NO/c1-11(13-7-9-14(18)10-8-13)20-12(2)17-15(19)5-4-6-16(17)21-3/h4-12,20H,1-3H3/t11-,12?/m1/s1. The second kappa shape index (κ2) is 6.68. The van der Waals surface area contributed by atoms with Crippen molar-refractivity contribution in [3.05, 3.63) is 65.2 Å². The Labute approximate surface area is 123 Å². The van der Waals surface area contributed by atoms with Gasteiger partial charge in [-0.1, -0.05) is 18.2 Å². The molecule has 2 nitrogen and oxygen atoms in total. The Bertz CT molecular complexity index is 598. The molecular formula is C17H19F2NO. The van der Waals surface area contributed by atoms with Gasteiger partial charge in [-0.3, -0.25) is 0 Å². The molecule has 0 radical (unpaired) electrons. The third kappa shape index (κ3) is 3.58. The second-order valence-electron chi connectivity index (χ2n) is 5.02. The van der Waals surface area contributed by atoms with Crippen LogP contribution in [0.15, 0.2) is 42.5 Å². The molecule has 2 aromatic rings. The zero-order valence-corrected chi connectivity index (χ0v) is 12.4. The highest BCUT2D eigenvalue weighted by Gasteiger charge is 2.18. The van der Waals surface area contributed by atoms with Gasteiger partial charge in [0, 0.05) is 17.6 Å². The molecule has 0 fully saturated rings. The number of rotatable bonds is 5. The van der Waals surface area contributed by atoms with Gasteiger partial charge in [0.05, 0.1) is 7.11 Å². The fraction of sp³-hybridized carbons (Fsp3) is 0.294. The Morgan fingerprint density at radius 2 is 1.62 bits per heavy atom. The van der Waals surface area contributed by atoms with Crippen LogP contribution in [0.3, 0.4) is 0 Å². The number of methoxy groups -OCH3 is 1. The van der Waals surface area contributed by atoms with Crippen molar-refractivity contribution < 1.29 is 13.5 Å². The maximum absolute atomic E-state index is 14.0. The molecule has 0 saturated heterocycles. The molecule has 21 heavy (non-hydrogen) atoms. The van der Waals surface area contributed by atoms with Gasteiger partial charge in [0.2, 0.25) is 0 Å². The van der Waals surface area contributed by atoms with Crippen LogP contribution < -0.4 is 10.1 Å². The van der Waals surface area contributed by atoms with Gasteiger partial charge >= 0.3 is 0 Å². The average molecular weight is 291 g/mol. The molecule has 0 aliphatic carbocycles. The van der Waals surface area contributed by atoms with E-state index in [0.29, 0.717) is 11.3 Å². The topological polar surface area (TPSA) is 21.3 Å². The highest BCUT2D eigenvalue weighted by atomic mass is 19.1. The summed E-state index contributed by atoms with van der Waals surface area (Å²) in [7, 11) is 1.52. The van der Waals surface area contributed by atoms with Crippen LogP contribution in [0.4, 0.5) is 8.78 Å². The SMILES string of the molecule is COc1cccc(F)c1C(C)N[C@H](C)c1ccc(F)cc1. The number of hydrogen-bond donors (Lipinski definition) is 1. The van der Waals surface area contributed by atoms with Crippen molar-refractivity contribution in [1.82, 2.24) is 5.32 Å². The predicted molar refractivity (Wildman–Crippen MR) is 79.3 cm³/mol. The Hall–Kier alpha value is -1.94. The largest absolute Gasteiger partial charge is 0.496 e. The summed E-state index contributed by atoms with van der Waals surface area (Å²) in [4.78, 5) is 0. The summed E-state index contributed by atoms with van der Waals surface area (Å²) in [5, 5.41) is 3.30. The Morgan fingerprint density at radius 3 is 2.24 bits per heavy atom. The van der Waals surface area contributed by atoms with Crippen LogP contribution in [0.5, 0.6) is 5.75 Å². The Balaban J connectivity index is 2.18. The molecule has 0 heterocycles. The third-order valence-electron chi connectivity index (χ3n) is 3.54. The van der Waals surface area contributed by atoms with Crippen LogP contribution >= 0.6 is 0 Å². The molecule has 2 rings (SSSR count). The lowest BCUT2D eigenvalue weighted by molar-refractivity contribution is 0.387. The molecular weight excluding hydrogens is 272 g/mol. The van der Waals surface area contributed by atoms with Gasteiger partial charge in [0.1, 0.15) is 17.4 Å². The van der Waals surface area contributed by atoms with Gasteiger partial charge in [-0.2, -0.15) is 0 Å². The van der Waals surface area contributed by atoms with Crippen LogP contribution in [-0.2, 0) is 0 Å². The second-order valence-corrected chi connectivity index (χ2v) is 5.02. The van der Waals surface area contributed by atoms with Crippen LogP contribution in [0.1, 0.15) is 37.1 Å². The molecule has 4 heteroatoms. The van der Waals surface area contributed by atoms with E-state index in [-0.39, 0.29) is 23.7 Å². The van der Waals surface area contributed by atoms with Crippen LogP contribution in [0.25, 0.3) is 0 Å². The molecule has 0 bridgehead atoms. The Kier molecular flexibility index (Phi) is 4.91. The minimum absolute atomic E-state index is 0.0371. The summed E-state index contributed by atoms with van der Waals surface area (Å²) < 4.78 is 32.2. The van der Waals surface area contributed by atoms with Gasteiger partial charge in [0.25, 0.3) is 0 Å². The van der Waals surface area contributed by atoms with Gasteiger partial charge in [-0.15, -0.1) is 0 Å². The number of ether oxygens (including phenoxy) is 1. The number of hydrogen-bond acceptors (Lipinski definition) is 2. The summed E-state index contributed by atoms with van der Waals surface area (Å²) in [5.41, 5.74) is 1.44. The van der Waals surface area contributed by atoms with Crippen molar-refractivity contribution in [3.8, 4) is 5.75 Å². The van der Waals surface area contributed by atoms with E-state index in [4.69, 9.17) is 4.74 Å². The van der Waals surface area contributed by atoms with Gasteiger partial charge in [-0.05, 0) is 43.7 Å². The minimum Gasteiger partial charge on any atom is -0.496 e. The molecule has 1 N–H and O–H groups in total. The zero-order valence-electron chi connectivity index (χ0n) is 12.4. The molecule has 2 aromatic carbocycles. The van der Waals surface area contributed by atoms with E-state index in [9.17, 15) is 8.78 Å². The molecule has 0 aliphatic heterocycles. The first-order valence-electron chi connectivity index (χ1n) is 6.87. The highest BCUT2D eigenvalue weighted by molar-refractivity contribution is 5.37. The fourth-order valence-corrected chi connectivity index (χ4v) is 2.42. The lowest BCUT2D eigenvalue weighted by atomic mass is 10.0. The molecule has 112 valence electrons. The quantitative estimate of drug-likeness (QED) is 0.882. The first kappa shape index (κ1) is 15.4. The maximum Gasteiger partial charge on any atom is 0.131 e. The predicted octanol–water partition coefficient (Wildman–Crippen LogP) is 4.39. The van der Waals surface area contributed by atoms with E-state index in [1.54, 1.807) is 24.3 Å². The van der Waals surface area contributed by atoms with Gasteiger partial charge in [0.15, 0.2) is 0 Å². The summed E-state index contributed by atoms with van der Waals surface area (Å²) >= 11 is 0. The average Bonchev–Trinajstić information content (AvgIpc) is 2.47. The first-order valence-corrected chi connectivity index (χ1v) is 6.87. The van der Waals surface area contributed by atoms with E-state index in [1.807, 2.05) is 13.8 Å². The summed E-state index contributed by atoms with van der Waals surface area (Å²) in [5.74, 6) is -0.0586.